The highest BCUT2D eigenvalue weighted by atomic mass is 16.3. The molecule has 1 radical (unpaired) electrons. The zero-order chi connectivity index (χ0) is 7.90. The lowest BCUT2D eigenvalue weighted by atomic mass is 10.0. The maximum Gasteiger partial charge on any atom is 0.0735 e. The fraction of sp³-hybridized carbons (Fsp3) is 0.300. The average Bonchev–Trinajstić information content (AvgIpc) is 2.21. The summed E-state index contributed by atoms with van der Waals surface area (Å²) in [6.07, 6.45) is 2.67. The van der Waals surface area contributed by atoms with Gasteiger partial charge in [-0.3, -0.25) is 0 Å². The first kappa shape index (κ1) is 6.86. The summed E-state index contributed by atoms with van der Waals surface area (Å²) in [5, 5.41) is 9.66. The number of rotatable bonds is 0. The van der Waals surface area contributed by atoms with Gasteiger partial charge in [-0.15, -0.1) is 0 Å². The Labute approximate surface area is 66.7 Å². The van der Waals surface area contributed by atoms with E-state index in [1.54, 1.807) is 0 Å². The minimum Gasteiger partial charge on any atom is -0.389 e. The third-order valence-corrected chi connectivity index (χ3v) is 2.07. The molecule has 1 aliphatic rings. The maximum absolute atomic E-state index is 9.66. The van der Waals surface area contributed by atoms with Gasteiger partial charge in [0, 0.05) is 12.8 Å². The SMILES string of the molecule is CC1(O)[CH]c2ccccc2C1. The van der Waals surface area contributed by atoms with E-state index >= 15 is 0 Å². The maximum atomic E-state index is 9.66. The Kier molecular flexibility index (Phi) is 1.30. The molecular weight excluding hydrogens is 136 g/mol. The van der Waals surface area contributed by atoms with E-state index in [0.29, 0.717) is 0 Å². The van der Waals surface area contributed by atoms with Crippen LogP contribution in [0.2, 0.25) is 0 Å². The molecule has 1 aromatic rings. The van der Waals surface area contributed by atoms with Crippen LogP contribution in [0.3, 0.4) is 0 Å². The first-order valence-corrected chi connectivity index (χ1v) is 3.84. The second-order valence-corrected chi connectivity index (χ2v) is 3.38. The lowest BCUT2D eigenvalue weighted by molar-refractivity contribution is 0.107. The molecular formula is C10H11O. The monoisotopic (exact) mass is 147 g/mol. The van der Waals surface area contributed by atoms with Gasteiger partial charge in [0.05, 0.1) is 5.60 Å². The second-order valence-electron chi connectivity index (χ2n) is 3.38. The van der Waals surface area contributed by atoms with Gasteiger partial charge in [0.15, 0.2) is 0 Å². The van der Waals surface area contributed by atoms with Crippen molar-refractivity contribution in [3.8, 4) is 0 Å². The van der Waals surface area contributed by atoms with Crippen molar-refractivity contribution in [2.75, 3.05) is 0 Å². The normalized spacial score (nSPS) is 19.8. The molecule has 0 aliphatic heterocycles. The van der Waals surface area contributed by atoms with E-state index in [-0.39, 0.29) is 0 Å². The van der Waals surface area contributed by atoms with Gasteiger partial charge in [0.2, 0.25) is 0 Å². The summed E-state index contributed by atoms with van der Waals surface area (Å²) in [7, 11) is 0. The molecule has 0 saturated heterocycles. The molecule has 1 unspecified atom stereocenters. The van der Waals surface area contributed by atoms with Gasteiger partial charge >= 0.3 is 0 Å². The smallest absolute Gasteiger partial charge is 0.0735 e. The van der Waals surface area contributed by atoms with Gasteiger partial charge in [-0.2, -0.15) is 0 Å². The molecule has 2 rings (SSSR count). The van der Waals surface area contributed by atoms with Crippen LogP contribution in [-0.2, 0) is 6.42 Å². The number of hydrogen-bond donors (Lipinski definition) is 1. The zero-order valence-electron chi connectivity index (χ0n) is 6.54. The van der Waals surface area contributed by atoms with E-state index in [9.17, 15) is 5.11 Å². The van der Waals surface area contributed by atoms with Crippen molar-refractivity contribution < 1.29 is 5.11 Å². The Hall–Kier alpha value is -0.820. The molecule has 0 heterocycles. The summed E-state index contributed by atoms with van der Waals surface area (Å²) in [6.45, 7) is 1.84. The van der Waals surface area contributed by atoms with Crippen LogP contribution in [0.4, 0.5) is 0 Å². The summed E-state index contributed by atoms with van der Waals surface area (Å²) in [5.41, 5.74) is 1.80. The van der Waals surface area contributed by atoms with E-state index in [1.165, 1.54) is 11.1 Å². The van der Waals surface area contributed by atoms with Crippen molar-refractivity contribution in [1.82, 2.24) is 0 Å². The highest BCUT2D eigenvalue weighted by Gasteiger charge is 2.29. The zero-order valence-corrected chi connectivity index (χ0v) is 6.54. The van der Waals surface area contributed by atoms with Crippen molar-refractivity contribution in [3.05, 3.63) is 41.8 Å². The Bertz CT molecular complexity index is 249. The summed E-state index contributed by atoms with van der Waals surface area (Å²) in [5.74, 6) is 0. The van der Waals surface area contributed by atoms with Crippen molar-refractivity contribution in [2.45, 2.75) is 18.9 Å². The quantitative estimate of drug-likeness (QED) is 0.590. The van der Waals surface area contributed by atoms with Gasteiger partial charge in [-0.1, -0.05) is 24.3 Å². The fourth-order valence-electron chi connectivity index (χ4n) is 1.61. The van der Waals surface area contributed by atoms with Crippen LogP contribution in [0.25, 0.3) is 0 Å². The van der Waals surface area contributed by atoms with Crippen molar-refractivity contribution in [2.24, 2.45) is 0 Å². The van der Waals surface area contributed by atoms with E-state index < -0.39 is 5.60 Å². The minimum absolute atomic E-state index is 0.621. The molecule has 0 saturated carbocycles. The van der Waals surface area contributed by atoms with Crippen LogP contribution >= 0.6 is 0 Å². The average molecular weight is 147 g/mol. The first-order valence-electron chi connectivity index (χ1n) is 3.84. The highest BCUT2D eigenvalue weighted by Crippen LogP contribution is 2.30. The highest BCUT2D eigenvalue weighted by molar-refractivity contribution is 5.42. The van der Waals surface area contributed by atoms with Crippen molar-refractivity contribution in [1.29, 1.82) is 0 Å². The topological polar surface area (TPSA) is 20.2 Å². The number of hydrogen-bond acceptors (Lipinski definition) is 1. The Morgan fingerprint density at radius 2 is 2.09 bits per heavy atom. The van der Waals surface area contributed by atoms with Gasteiger partial charge in [-0.25, -0.2) is 0 Å². The predicted octanol–water partition coefficient (Wildman–Crippen LogP) is 1.55. The van der Waals surface area contributed by atoms with E-state index in [0.717, 1.165) is 6.42 Å². The van der Waals surface area contributed by atoms with Crippen molar-refractivity contribution >= 4 is 0 Å². The lowest BCUT2D eigenvalue weighted by Crippen LogP contribution is -2.21. The molecule has 11 heavy (non-hydrogen) atoms. The van der Waals surface area contributed by atoms with Gasteiger partial charge in [0.1, 0.15) is 0 Å². The first-order chi connectivity index (χ1) is 5.17. The van der Waals surface area contributed by atoms with E-state index in [1.807, 2.05) is 31.5 Å². The van der Waals surface area contributed by atoms with Crippen LogP contribution in [0.15, 0.2) is 24.3 Å². The van der Waals surface area contributed by atoms with Crippen molar-refractivity contribution in [3.63, 3.8) is 0 Å². The Balaban J connectivity index is 2.41. The molecule has 1 aromatic carbocycles. The molecule has 1 heteroatoms. The molecule has 1 atom stereocenters. The number of aliphatic hydroxyl groups is 1. The third kappa shape index (κ3) is 1.16. The molecule has 0 spiro atoms. The summed E-state index contributed by atoms with van der Waals surface area (Å²) < 4.78 is 0. The van der Waals surface area contributed by atoms with Gasteiger partial charge in [0.25, 0.3) is 0 Å². The van der Waals surface area contributed by atoms with Crippen LogP contribution < -0.4 is 0 Å². The summed E-state index contributed by atoms with van der Waals surface area (Å²) in [4.78, 5) is 0. The molecule has 1 N–H and O–H groups in total. The standard InChI is InChI=1S/C10H11O/c1-10(11)6-8-4-2-3-5-9(8)7-10/h2-6,11H,7H2,1H3. The molecule has 0 amide bonds. The molecule has 0 bridgehead atoms. The largest absolute Gasteiger partial charge is 0.389 e. The molecule has 0 aromatic heterocycles. The fourth-order valence-corrected chi connectivity index (χ4v) is 1.61. The van der Waals surface area contributed by atoms with Crippen LogP contribution in [0.5, 0.6) is 0 Å². The van der Waals surface area contributed by atoms with Gasteiger partial charge < -0.3 is 5.11 Å². The van der Waals surface area contributed by atoms with Crippen LogP contribution in [0, 0.1) is 6.42 Å². The second kappa shape index (κ2) is 2.08. The molecule has 0 fully saturated rings. The third-order valence-electron chi connectivity index (χ3n) is 2.07. The summed E-state index contributed by atoms with van der Waals surface area (Å²) in [6, 6.07) is 8.11. The summed E-state index contributed by atoms with van der Waals surface area (Å²) >= 11 is 0. The minimum atomic E-state index is -0.621. The van der Waals surface area contributed by atoms with Gasteiger partial charge in [-0.05, 0) is 18.1 Å². The molecule has 1 aliphatic carbocycles. The lowest BCUT2D eigenvalue weighted by Gasteiger charge is -2.13. The predicted molar refractivity (Wildman–Crippen MR) is 44.2 cm³/mol. The molecule has 1 nitrogen and oxygen atoms in total. The molecule has 57 valence electrons. The van der Waals surface area contributed by atoms with Crippen LogP contribution in [-0.4, -0.2) is 10.7 Å². The van der Waals surface area contributed by atoms with E-state index in [2.05, 4.69) is 6.07 Å². The Morgan fingerprint density at radius 3 is 2.82 bits per heavy atom. The number of benzene rings is 1. The van der Waals surface area contributed by atoms with E-state index in [4.69, 9.17) is 0 Å². The Morgan fingerprint density at radius 1 is 1.36 bits per heavy atom. The van der Waals surface area contributed by atoms with Crippen LogP contribution in [0.1, 0.15) is 18.1 Å². The number of fused-ring (bicyclic) bond motifs is 1.